The van der Waals surface area contributed by atoms with Gasteiger partial charge in [0.25, 0.3) is 5.91 Å². The minimum atomic E-state index is -0.182. The van der Waals surface area contributed by atoms with Crippen LogP contribution in [-0.2, 0) is 4.79 Å². The Kier molecular flexibility index (Phi) is 6.39. The average Bonchev–Trinajstić information content (AvgIpc) is 3.21. The maximum absolute atomic E-state index is 12.8. The molecule has 0 radical (unpaired) electrons. The number of ether oxygens (including phenoxy) is 1. The molecule has 0 bridgehead atoms. The second-order valence-corrected chi connectivity index (χ2v) is 7.50. The molecule has 1 aliphatic heterocycles. The highest BCUT2D eigenvalue weighted by Gasteiger charge is 2.31. The molecule has 28 heavy (non-hydrogen) atoms. The van der Waals surface area contributed by atoms with Gasteiger partial charge < -0.3 is 19.0 Å². The van der Waals surface area contributed by atoms with E-state index in [1.807, 2.05) is 26.0 Å². The molecule has 6 heteroatoms. The fourth-order valence-corrected chi connectivity index (χ4v) is 3.66. The van der Waals surface area contributed by atoms with E-state index in [1.54, 1.807) is 29.0 Å². The summed E-state index contributed by atoms with van der Waals surface area (Å²) in [5, 5.41) is 0. The molecule has 1 aliphatic rings. The molecule has 1 unspecified atom stereocenters. The van der Waals surface area contributed by atoms with Crippen LogP contribution in [0, 0.1) is 19.8 Å². The zero-order chi connectivity index (χ0) is 20.1. The highest BCUT2D eigenvalue weighted by Crippen LogP contribution is 2.21. The smallest absolute Gasteiger partial charge is 0.289 e. The Bertz CT molecular complexity index is 796. The van der Waals surface area contributed by atoms with Crippen molar-refractivity contribution in [1.29, 1.82) is 0 Å². The van der Waals surface area contributed by atoms with Gasteiger partial charge in [-0.05, 0) is 62.1 Å². The van der Waals surface area contributed by atoms with Gasteiger partial charge in [-0.15, -0.1) is 0 Å². The Balaban J connectivity index is 1.50. The van der Waals surface area contributed by atoms with Crippen LogP contribution in [0.2, 0.25) is 0 Å². The largest absolute Gasteiger partial charge is 0.492 e. The summed E-state index contributed by atoms with van der Waals surface area (Å²) in [6.45, 7) is 6.10. The zero-order valence-electron chi connectivity index (χ0n) is 16.8. The molecule has 1 aromatic heterocycles. The third kappa shape index (κ3) is 4.94. The molecule has 2 aromatic rings. The van der Waals surface area contributed by atoms with E-state index in [9.17, 15) is 9.59 Å². The maximum atomic E-state index is 12.8. The second-order valence-electron chi connectivity index (χ2n) is 7.50. The van der Waals surface area contributed by atoms with Crippen molar-refractivity contribution in [3.63, 3.8) is 0 Å². The van der Waals surface area contributed by atoms with Gasteiger partial charge in [-0.2, -0.15) is 0 Å². The van der Waals surface area contributed by atoms with Gasteiger partial charge in [-0.1, -0.05) is 6.07 Å². The lowest BCUT2D eigenvalue weighted by Crippen LogP contribution is -2.46. The SMILES string of the molecule is Cc1cc(C)cc(OCCN(C)C(=O)C2CCCN(C(=O)c3ccco3)C2)c1. The average molecular weight is 384 g/mol. The third-order valence-corrected chi connectivity index (χ3v) is 5.06. The van der Waals surface area contributed by atoms with Crippen molar-refractivity contribution in [3.8, 4) is 5.75 Å². The van der Waals surface area contributed by atoms with Crippen LogP contribution in [0.3, 0.4) is 0 Å². The first-order valence-electron chi connectivity index (χ1n) is 9.73. The summed E-state index contributed by atoms with van der Waals surface area (Å²) in [6, 6.07) is 9.44. The van der Waals surface area contributed by atoms with Gasteiger partial charge in [0.15, 0.2) is 5.76 Å². The molecule has 0 spiro atoms. The van der Waals surface area contributed by atoms with E-state index in [-0.39, 0.29) is 17.7 Å². The molecule has 0 saturated carbocycles. The normalized spacial score (nSPS) is 16.7. The highest BCUT2D eigenvalue weighted by atomic mass is 16.5. The van der Waals surface area contributed by atoms with Crippen LogP contribution in [0.1, 0.15) is 34.5 Å². The molecule has 1 atom stereocenters. The molecular weight excluding hydrogens is 356 g/mol. The number of likely N-dealkylation sites (tertiary alicyclic amines) is 1. The van der Waals surface area contributed by atoms with E-state index in [2.05, 4.69) is 6.07 Å². The summed E-state index contributed by atoms with van der Waals surface area (Å²) in [7, 11) is 1.79. The first kappa shape index (κ1) is 20.0. The first-order valence-corrected chi connectivity index (χ1v) is 9.73. The molecule has 1 fully saturated rings. The number of benzene rings is 1. The summed E-state index contributed by atoms with van der Waals surface area (Å²) in [6.07, 6.45) is 3.10. The number of likely N-dealkylation sites (N-methyl/N-ethyl adjacent to an activating group) is 1. The molecular formula is C22H28N2O4. The van der Waals surface area contributed by atoms with Crippen LogP contribution in [0.25, 0.3) is 0 Å². The van der Waals surface area contributed by atoms with Gasteiger partial charge in [0.2, 0.25) is 5.91 Å². The Morgan fingerprint density at radius 1 is 1.25 bits per heavy atom. The predicted molar refractivity (Wildman–Crippen MR) is 106 cm³/mol. The van der Waals surface area contributed by atoms with Crippen molar-refractivity contribution in [3.05, 3.63) is 53.5 Å². The van der Waals surface area contributed by atoms with E-state index in [1.165, 1.54) is 6.26 Å². The molecule has 0 aliphatic carbocycles. The number of furan rings is 1. The Hall–Kier alpha value is -2.76. The van der Waals surface area contributed by atoms with Gasteiger partial charge in [0, 0.05) is 20.1 Å². The fourth-order valence-electron chi connectivity index (χ4n) is 3.66. The summed E-state index contributed by atoms with van der Waals surface area (Å²) >= 11 is 0. The fraction of sp³-hybridized carbons (Fsp3) is 0.455. The van der Waals surface area contributed by atoms with Gasteiger partial charge in [-0.3, -0.25) is 9.59 Å². The van der Waals surface area contributed by atoms with Crippen LogP contribution >= 0.6 is 0 Å². The number of carbonyl (C=O) groups is 2. The molecule has 6 nitrogen and oxygen atoms in total. The van der Waals surface area contributed by atoms with Crippen molar-refractivity contribution >= 4 is 11.8 Å². The first-order chi connectivity index (χ1) is 13.4. The minimum Gasteiger partial charge on any atom is -0.492 e. The quantitative estimate of drug-likeness (QED) is 0.767. The van der Waals surface area contributed by atoms with E-state index in [0.717, 1.165) is 29.7 Å². The van der Waals surface area contributed by atoms with Gasteiger partial charge >= 0.3 is 0 Å². The maximum Gasteiger partial charge on any atom is 0.289 e. The zero-order valence-corrected chi connectivity index (χ0v) is 16.8. The number of hydrogen-bond donors (Lipinski definition) is 0. The van der Waals surface area contributed by atoms with Crippen molar-refractivity contribution in [2.24, 2.45) is 5.92 Å². The van der Waals surface area contributed by atoms with Crippen LogP contribution in [0.4, 0.5) is 0 Å². The van der Waals surface area contributed by atoms with E-state index in [0.29, 0.717) is 32.0 Å². The summed E-state index contributed by atoms with van der Waals surface area (Å²) in [5.41, 5.74) is 2.31. The Morgan fingerprint density at radius 2 is 2.00 bits per heavy atom. The molecule has 1 aromatic carbocycles. The topological polar surface area (TPSA) is 63.0 Å². The number of piperidine rings is 1. The van der Waals surface area contributed by atoms with Crippen LogP contribution < -0.4 is 4.74 Å². The lowest BCUT2D eigenvalue weighted by Gasteiger charge is -2.33. The molecule has 2 amide bonds. The van der Waals surface area contributed by atoms with Crippen LogP contribution in [-0.4, -0.2) is 54.9 Å². The lowest BCUT2D eigenvalue weighted by molar-refractivity contribution is -0.135. The molecule has 2 heterocycles. The number of rotatable bonds is 6. The van der Waals surface area contributed by atoms with Crippen molar-refractivity contribution in [1.82, 2.24) is 9.80 Å². The Labute approximate surface area is 166 Å². The van der Waals surface area contributed by atoms with Gasteiger partial charge in [0.1, 0.15) is 12.4 Å². The van der Waals surface area contributed by atoms with Crippen molar-refractivity contribution in [2.45, 2.75) is 26.7 Å². The van der Waals surface area contributed by atoms with E-state index in [4.69, 9.17) is 9.15 Å². The third-order valence-electron chi connectivity index (χ3n) is 5.06. The van der Waals surface area contributed by atoms with E-state index >= 15 is 0 Å². The predicted octanol–water partition coefficient (Wildman–Crippen LogP) is 3.29. The monoisotopic (exact) mass is 384 g/mol. The van der Waals surface area contributed by atoms with Crippen LogP contribution in [0.15, 0.2) is 41.0 Å². The van der Waals surface area contributed by atoms with Gasteiger partial charge in [0.05, 0.1) is 18.7 Å². The number of hydrogen-bond acceptors (Lipinski definition) is 4. The molecule has 150 valence electrons. The van der Waals surface area contributed by atoms with Crippen molar-refractivity contribution in [2.75, 3.05) is 33.3 Å². The molecule has 3 rings (SSSR count). The minimum absolute atomic E-state index is 0.0565. The summed E-state index contributed by atoms with van der Waals surface area (Å²) in [5.74, 6) is 0.873. The summed E-state index contributed by atoms with van der Waals surface area (Å²) in [4.78, 5) is 28.7. The summed E-state index contributed by atoms with van der Waals surface area (Å²) < 4.78 is 11.0. The highest BCUT2D eigenvalue weighted by molar-refractivity contribution is 5.92. The second kappa shape index (κ2) is 8.95. The standard InChI is InChI=1S/C22H28N2O4/c1-16-12-17(2)14-19(13-16)27-11-9-23(3)21(25)18-6-4-8-24(15-18)22(26)20-7-5-10-28-20/h5,7,10,12-14,18H,4,6,8-9,11,15H2,1-3H3. The number of nitrogens with zero attached hydrogens (tertiary/aromatic N) is 2. The van der Waals surface area contributed by atoms with Gasteiger partial charge in [-0.25, -0.2) is 0 Å². The molecule has 1 saturated heterocycles. The Morgan fingerprint density at radius 3 is 2.68 bits per heavy atom. The number of carbonyl (C=O) groups excluding carboxylic acids is 2. The van der Waals surface area contributed by atoms with E-state index < -0.39 is 0 Å². The van der Waals surface area contributed by atoms with Crippen molar-refractivity contribution < 1.29 is 18.7 Å². The van der Waals surface area contributed by atoms with Crippen LogP contribution in [0.5, 0.6) is 5.75 Å². The number of aryl methyl sites for hydroxylation is 2. The number of amides is 2. The molecule has 0 N–H and O–H groups in total. The lowest BCUT2D eigenvalue weighted by atomic mass is 9.96.